The van der Waals surface area contributed by atoms with Crippen LogP contribution >= 0.6 is 0 Å². The van der Waals surface area contributed by atoms with Gasteiger partial charge in [0.1, 0.15) is 0 Å². The Balaban J connectivity index is 1.31. The molecule has 4 rings (SSSR count). The first-order valence-electron chi connectivity index (χ1n) is 11.2. The van der Waals surface area contributed by atoms with Crippen LogP contribution in [-0.4, -0.2) is 40.8 Å². The zero-order chi connectivity index (χ0) is 20.2. The molecule has 2 heterocycles. The zero-order valence-electron chi connectivity index (χ0n) is 17.5. The van der Waals surface area contributed by atoms with Gasteiger partial charge in [-0.25, -0.2) is 0 Å². The number of benzene rings is 1. The molecule has 1 saturated heterocycles. The first-order valence-corrected chi connectivity index (χ1v) is 11.2. The number of aryl methyl sites for hydroxylation is 1. The number of hydrogen-bond donors (Lipinski definition) is 2. The molecule has 5 nitrogen and oxygen atoms in total. The van der Waals surface area contributed by atoms with Crippen LogP contribution < -0.4 is 5.32 Å². The Labute approximate surface area is 173 Å². The minimum absolute atomic E-state index is 0.0779. The molecule has 0 spiro atoms. The van der Waals surface area contributed by atoms with Crippen molar-refractivity contribution in [2.45, 2.75) is 70.8 Å². The van der Waals surface area contributed by atoms with E-state index in [1.165, 1.54) is 48.6 Å². The van der Waals surface area contributed by atoms with Gasteiger partial charge in [0.15, 0.2) is 0 Å². The van der Waals surface area contributed by atoms with Gasteiger partial charge in [-0.1, -0.05) is 43.7 Å². The third kappa shape index (κ3) is 4.82. The van der Waals surface area contributed by atoms with Crippen molar-refractivity contribution in [1.29, 1.82) is 0 Å². The summed E-state index contributed by atoms with van der Waals surface area (Å²) in [7, 11) is 0. The Morgan fingerprint density at radius 3 is 2.72 bits per heavy atom. The highest BCUT2D eigenvalue weighted by Gasteiger charge is 2.34. The molecule has 1 aliphatic heterocycles. The van der Waals surface area contributed by atoms with E-state index in [-0.39, 0.29) is 17.7 Å². The van der Waals surface area contributed by atoms with E-state index < -0.39 is 0 Å². The average Bonchev–Trinajstić information content (AvgIpc) is 3.25. The number of H-pyrrole nitrogens is 1. The second-order valence-corrected chi connectivity index (χ2v) is 8.90. The fourth-order valence-electron chi connectivity index (χ4n) is 4.84. The van der Waals surface area contributed by atoms with Crippen LogP contribution in [0.3, 0.4) is 0 Å². The summed E-state index contributed by atoms with van der Waals surface area (Å²) >= 11 is 0. The van der Waals surface area contributed by atoms with Crippen LogP contribution in [0.2, 0.25) is 0 Å². The van der Waals surface area contributed by atoms with Gasteiger partial charge in [-0.2, -0.15) is 0 Å². The molecule has 2 amide bonds. The van der Waals surface area contributed by atoms with Gasteiger partial charge < -0.3 is 15.2 Å². The third-order valence-electron chi connectivity index (χ3n) is 6.61. The number of carbonyl (C=O) groups excluding carboxylic acids is 2. The molecule has 1 aromatic carbocycles. The first-order chi connectivity index (χ1) is 14.1. The van der Waals surface area contributed by atoms with E-state index in [1.54, 1.807) is 0 Å². The van der Waals surface area contributed by atoms with Crippen molar-refractivity contribution in [3.8, 4) is 0 Å². The molecular weight excluding hydrogens is 362 g/mol. The van der Waals surface area contributed by atoms with Crippen molar-refractivity contribution in [2.75, 3.05) is 13.1 Å². The predicted molar refractivity (Wildman–Crippen MR) is 116 cm³/mol. The van der Waals surface area contributed by atoms with E-state index in [0.717, 1.165) is 24.8 Å². The van der Waals surface area contributed by atoms with E-state index in [0.29, 0.717) is 25.6 Å². The summed E-state index contributed by atoms with van der Waals surface area (Å²) in [4.78, 5) is 30.4. The lowest BCUT2D eigenvalue weighted by atomic mass is 9.96. The van der Waals surface area contributed by atoms with E-state index in [4.69, 9.17) is 0 Å². The van der Waals surface area contributed by atoms with Crippen molar-refractivity contribution >= 4 is 22.7 Å². The van der Waals surface area contributed by atoms with E-state index in [1.807, 2.05) is 11.1 Å². The number of nitrogens with one attached hydrogen (secondary N) is 2. The Morgan fingerprint density at radius 1 is 1.17 bits per heavy atom. The van der Waals surface area contributed by atoms with Gasteiger partial charge in [0.2, 0.25) is 11.8 Å². The minimum Gasteiger partial charge on any atom is -0.361 e. The van der Waals surface area contributed by atoms with Crippen LogP contribution in [-0.2, 0) is 16.0 Å². The number of aromatic amines is 1. The molecule has 0 unspecified atom stereocenters. The number of carbonyl (C=O) groups is 2. The molecule has 156 valence electrons. The second kappa shape index (κ2) is 9.02. The number of fused-ring (bicyclic) bond motifs is 1. The molecule has 5 heteroatoms. The van der Waals surface area contributed by atoms with Crippen LogP contribution in [0.15, 0.2) is 24.4 Å². The zero-order valence-corrected chi connectivity index (χ0v) is 17.5. The average molecular weight is 396 g/mol. The Hall–Kier alpha value is -2.30. The summed E-state index contributed by atoms with van der Waals surface area (Å²) in [6.45, 7) is 3.32. The Bertz CT molecular complexity index is 864. The van der Waals surface area contributed by atoms with E-state index in [9.17, 15) is 9.59 Å². The SMILES string of the molecule is Cc1ccc2[nH]cc(CCN3C[C@H](C(=O)NC4CCCCCCC4)CC3=O)c2c1. The summed E-state index contributed by atoms with van der Waals surface area (Å²) in [6.07, 6.45) is 11.6. The molecule has 2 N–H and O–H groups in total. The maximum Gasteiger partial charge on any atom is 0.225 e. The van der Waals surface area contributed by atoms with Gasteiger partial charge in [0.25, 0.3) is 0 Å². The molecular formula is C24H33N3O2. The molecule has 1 saturated carbocycles. The highest BCUT2D eigenvalue weighted by atomic mass is 16.2. The lowest BCUT2D eigenvalue weighted by molar-refractivity contribution is -0.129. The normalized spacial score (nSPS) is 21.3. The topological polar surface area (TPSA) is 65.2 Å². The highest BCUT2D eigenvalue weighted by Crippen LogP contribution is 2.24. The lowest BCUT2D eigenvalue weighted by Crippen LogP contribution is -2.40. The quantitative estimate of drug-likeness (QED) is 0.801. The number of likely N-dealkylation sites (tertiary alicyclic amines) is 1. The summed E-state index contributed by atoms with van der Waals surface area (Å²) in [5.41, 5.74) is 3.61. The van der Waals surface area contributed by atoms with Crippen LogP contribution in [0.5, 0.6) is 0 Å². The minimum atomic E-state index is -0.196. The largest absolute Gasteiger partial charge is 0.361 e. The molecule has 0 bridgehead atoms. The Kier molecular flexibility index (Phi) is 6.22. The van der Waals surface area contributed by atoms with Crippen molar-refractivity contribution in [3.63, 3.8) is 0 Å². The fourth-order valence-corrected chi connectivity index (χ4v) is 4.84. The number of hydrogen-bond acceptors (Lipinski definition) is 2. The smallest absolute Gasteiger partial charge is 0.225 e. The molecule has 29 heavy (non-hydrogen) atoms. The second-order valence-electron chi connectivity index (χ2n) is 8.90. The predicted octanol–water partition coefficient (Wildman–Crippen LogP) is 4.10. The van der Waals surface area contributed by atoms with Gasteiger partial charge in [0.05, 0.1) is 5.92 Å². The maximum atomic E-state index is 12.8. The Morgan fingerprint density at radius 2 is 1.93 bits per heavy atom. The van der Waals surface area contributed by atoms with Crippen molar-refractivity contribution in [3.05, 3.63) is 35.5 Å². The van der Waals surface area contributed by atoms with Gasteiger partial charge >= 0.3 is 0 Å². The summed E-state index contributed by atoms with van der Waals surface area (Å²) < 4.78 is 0. The van der Waals surface area contributed by atoms with E-state index >= 15 is 0 Å². The highest BCUT2D eigenvalue weighted by molar-refractivity contribution is 5.89. The number of amides is 2. The molecule has 2 fully saturated rings. The molecule has 0 radical (unpaired) electrons. The van der Waals surface area contributed by atoms with Crippen molar-refractivity contribution < 1.29 is 9.59 Å². The third-order valence-corrected chi connectivity index (χ3v) is 6.61. The van der Waals surface area contributed by atoms with Gasteiger partial charge in [-0.05, 0) is 43.9 Å². The number of aromatic nitrogens is 1. The molecule has 2 aliphatic rings. The van der Waals surface area contributed by atoms with Crippen LogP contribution in [0, 0.1) is 12.8 Å². The number of rotatable bonds is 5. The standard InChI is InChI=1S/C24H33N3O2/c1-17-9-10-22-21(13-17)18(15-25-22)11-12-27-16-19(14-23(27)28)24(29)26-20-7-5-3-2-4-6-8-20/h9-10,13,15,19-20,25H,2-8,11-12,14,16H2,1H3,(H,26,29)/t19-/m1/s1. The van der Waals surface area contributed by atoms with Crippen molar-refractivity contribution in [2.24, 2.45) is 5.92 Å². The molecule has 1 aromatic heterocycles. The summed E-state index contributed by atoms with van der Waals surface area (Å²) in [5.74, 6) is -0.00821. The molecule has 1 aliphatic carbocycles. The van der Waals surface area contributed by atoms with Crippen LogP contribution in [0.25, 0.3) is 10.9 Å². The van der Waals surface area contributed by atoms with E-state index in [2.05, 4.69) is 35.4 Å². The number of nitrogens with zero attached hydrogens (tertiary/aromatic N) is 1. The maximum absolute atomic E-state index is 12.8. The van der Waals surface area contributed by atoms with Gasteiger partial charge in [-0.3, -0.25) is 9.59 Å². The summed E-state index contributed by atoms with van der Waals surface area (Å²) in [6, 6.07) is 6.69. The van der Waals surface area contributed by atoms with Gasteiger partial charge in [0, 0.05) is 42.7 Å². The van der Waals surface area contributed by atoms with Crippen molar-refractivity contribution in [1.82, 2.24) is 15.2 Å². The molecule has 1 atom stereocenters. The van der Waals surface area contributed by atoms with Gasteiger partial charge in [-0.15, -0.1) is 0 Å². The van der Waals surface area contributed by atoms with Crippen LogP contribution in [0.4, 0.5) is 0 Å². The summed E-state index contributed by atoms with van der Waals surface area (Å²) in [5, 5.41) is 4.48. The first kappa shape index (κ1) is 20.0. The lowest BCUT2D eigenvalue weighted by Gasteiger charge is -2.23. The van der Waals surface area contributed by atoms with Crippen LogP contribution in [0.1, 0.15) is 62.5 Å². The fraction of sp³-hybridized carbons (Fsp3) is 0.583. The molecule has 2 aromatic rings. The monoisotopic (exact) mass is 395 g/mol.